The molecule has 0 aliphatic heterocycles. The monoisotopic (exact) mass is 306 g/mol. The Kier molecular flexibility index (Phi) is 3.07. The van der Waals surface area contributed by atoms with Crippen molar-refractivity contribution in [3.8, 4) is 5.75 Å². The Morgan fingerprint density at radius 2 is 2.25 bits per heavy atom. The number of hydrogen-bond acceptors (Lipinski definition) is 4. The van der Waals surface area contributed by atoms with E-state index in [1.165, 1.54) is 6.20 Å². The fraction of sp³-hybridized carbons (Fsp3) is 0.444. The van der Waals surface area contributed by atoms with Crippen molar-refractivity contribution in [3.63, 3.8) is 0 Å². The molecule has 1 heterocycles. The maximum Gasteiger partial charge on any atom is 0.229 e. The van der Waals surface area contributed by atoms with Crippen molar-refractivity contribution in [2.45, 2.75) is 18.9 Å². The fourth-order valence-corrected chi connectivity index (χ4v) is 2.00. The first kappa shape index (κ1) is 11.7. The lowest BCUT2D eigenvalue weighted by Gasteiger charge is -2.09. The minimum Gasteiger partial charge on any atom is -0.488 e. The van der Waals surface area contributed by atoms with Gasteiger partial charge >= 0.3 is 0 Å². The van der Waals surface area contributed by atoms with Gasteiger partial charge in [0.15, 0.2) is 5.75 Å². The Morgan fingerprint density at radius 1 is 1.56 bits per heavy atom. The van der Waals surface area contributed by atoms with Crippen LogP contribution < -0.4 is 9.46 Å². The molecule has 88 valence electrons. The van der Waals surface area contributed by atoms with Crippen LogP contribution in [0.3, 0.4) is 0 Å². The lowest BCUT2D eigenvalue weighted by Crippen LogP contribution is -2.10. The van der Waals surface area contributed by atoms with Crippen LogP contribution in [0.15, 0.2) is 16.9 Å². The standard InChI is InChI=1S/C9H11BrN2O3S/c1-16(13,14)12-6-4-8(9(10)11-5-6)15-7-2-3-7/h4-5,7,12H,2-3H2,1H3. The molecule has 0 unspecified atom stereocenters. The second-order valence-corrected chi connectivity index (χ2v) is 6.20. The highest BCUT2D eigenvalue weighted by atomic mass is 79.9. The molecule has 5 nitrogen and oxygen atoms in total. The number of aromatic nitrogens is 1. The van der Waals surface area contributed by atoms with Gasteiger partial charge < -0.3 is 4.74 Å². The summed E-state index contributed by atoms with van der Waals surface area (Å²) in [4.78, 5) is 4.01. The lowest BCUT2D eigenvalue weighted by atomic mass is 10.4. The fourth-order valence-electron chi connectivity index (χ4n) is 1.15. The molecule has 0 saturated heterocycles. The van der Waals surface area contributed by atoms with Crippen LogP contribution in [0.5, 0.6) is 5.75 Å². The third-order valence-electron chi connectivity index (χ3n) is 1.93. The van der Waals surface area contributed by atoms with Crippen molar-refractivity contribution in [2.75, 3.05) is 11.0 Å². The summed E-state index contributed by atoms with van der Waals surface area (Å²) in [5.41, 5.74) is 0.404. The van der Waals surface area contributed by atoms with Gasteiger partial charge in [-0.1, -0.05) is 0 Å². The minimum atomic E-state index is -3.28. The molecule has 1 aliphatic carbocycles. The highest BCUT2D eigenvalue weighted by molar-refractivity contribution is 9.10. The third kappa shape index (κ3) is 3.34. The summed E-state index contributed by atoms with van der Waals surface area (Å²) >= 11 is 3.25. The van der Waals surface area contributed by atoms with E-state index >= 15 is 0 Å². The summed E-state index contributed by atoms with van der Waals surface area (Å²) in [6.45, 7) is 0. The molecule has 0 spiro atoms. The van der Waals surface area contributed by atoms with Gasteiger partial charge in [-0.15, -0.1) is 0 Å². The van der Waals surface area contributed by atoms with Crippen LogP contribution in [-0.4, -0.2) is 25.8 Å². The van der Waals surface area contributed by atoms with Crippen LogP contribution in [0, 0.1) is 0 Å². The molecule has 7 heteroatoms. The number of halogens is 1. The van der Waals surface area contributed by atoms with Gasteiger partial charge in [-0.3, -0.25) is 4.72 Å². The van der Waals surface area contributed by atoms with E-state index in [1.54, 1.807) is 6.07 Å². The Labute approximate surface area is 102 Å². The van der Waals surface area contributed by atoms with E-state index in [-0.39, 0.29) is 6.10 Å². The van der Waals surface area contributed by atoms with Crippen LogP contribution in [0.1, 0.15) is 12.8 Å². The van der Waals surface area contributed by atoms with Crippen molar-refractivity contribution in [3.05, 3.63) is 16.9 Å². The van der Waals surface area contributed by atoms with E-state index < -0.39 is 10.0 Å². The normalized spacial score (nSPS) is 15.9. The van der Waals surface area contributed by atoms with Gasteiger partial charge in [-0.05, 0) is 28.8 Å². The van der Waals surface area contributed by atoms with Gasteiger partial charge in [0.2, 0.25) is 10.0 Å². The Hall–Kier alpha value is -0.820. The van der Waals surface area contributed by atoms with Crippen molar-refractivity contribution in [1.82, 2.24) is 4.98 Å². The molecule has 0 radical (unpaired) electrons. The molecule has 0 atom stereocenters. The molecule has 2 rings (SSSR count). The zero-order valence-corrected chi connectivity index (χ0v) is 11.0. The quantitative estimate of drug-likeness (QED) is 0.861. The molecule has 1 aromatic heterocycles. The molecular weight excluding hydrogens is 296 g/mol. The van der Waals surface area contributed by atoms with E-state index in [0.29, 0.717) is 16.0 Å². The number of nitrogens with one attached hydrogen (secondary N) is 1. The average molecular weight is 307 g/mol. The number of sulfonamides is 1. The van der Waals surface area contributed by atoms with Crippen molar-refractivity contribution in [2.24, 2.45) is 0 Å². The first-order chi connectivity index (χ1) is 7.44. The van der Waals surface area contributed by atoms with E-state index in [4.69, 9.17) is 4.74 Å². The predicted molar refractivity (Wildman–Crippen MR) is 64.1 cm³/mol. The Morgan fingerprint density at radius 3 is 2.81 bits per heavy atom. The number of rotatable bonds is 4. The average Bonchev–Trinajstić information content (AvgIpc) is 2.92. The highest BCUT2D eigenvalue weighted by Gasteiger charge is 2.24. The number of anilines is 1. The molecular formula is C9H11BrN2O3S. The number of hydrogen-bond donors (Lipinski definition) is 1. The first-order valence-corrected chi connectivity index (χ1v) is 7.42. The predicted octanol–water partition coefficient (Wildman–Crippen LogP) is 1.76. The summed E-state index contributed by atoms with van der Waals surface area (Å²) in [5.74, 6) is 0.566. The SMILES string of the molecule is CS(=O)(=O)Nc1cnc(Br)c(OC2CC2)c1. The molecule has 1 saturated carbocycles. The summed E-state index contributed by atoms with van der Waals surface area (Å²) < 4.78 is 30.6. The minimum absolute atomic E-state index is 0.242. The molecule has 16 heavy (non-hydrogen) atoms. The topological polar surface area (TPSA) is 68.3 Å². The zero-order chi connectivity index (χ0) is 11.8. The Bertz CT molecular complexity index is 499. The Balaban J connectivity index is 2.20. The van der Waals surface area contributed by atoms with Gasteiger partial charge in [0.25, 0.3) is 0 Å². The summed E-state index contributed by atoms with van der Waals surface area (Å²) in [6.07, 6.45) is 4.85. The van der Waals surface area contributed by atoms with E-state index in [1.807, 2.05) is 0 Å². The molecule has 0 bridgehead atoms. The van der Waals surface area contributed by atoms with E-state index in [9.17, 15) is 8.42 Å². The molecule has 1 N–H and O–H groups in total. The molecule has 1 aliphatic rings. The van der Waals surface area contributed by atoms with E-state index in [2.05, 4.69) is 25.6 Å². The van der Waals surface area contributed by atoms with Crippen LogP contribution >= 0.6 is 15.9 Å². The number of nitrogens with zero attached hydrogens (tertiary/aromatic N) is 1. The largest absolute Gasteiger partial charge is 0.488 e. The smallest absolute Gasteiger partial charge is 0.229 e. The lowest BCUT2D eigenvalue weighted by molar-refractivity contribution is 0.300. The second kappa shape index (κ2) is 4.21. The van der Waals surface area contributed by atoms with Crippen molar-refractivity contribution in [1.29, 1.82) is 0 Å². The zero-order valence-electron chi connectivity index (χ0n) is 8.60. The van der Waals surface area contributed by atoms with Crippen LogP contribution in [-0.2, 0) is 10.0 Å². The van der Waals surface area contributed by atoms with Crippen molar-refractivity contribution < 1.29 is 13.2 Å². The van der Waals surface area contributed by atoms with Gasteiger partial charge in [0.1, 0.15) is 4.60 Å². The van der Waals surface area contributed by atoms with Crippen LogP contribution in [0.2, 0.25) is 0 Å². The molecule has 1 aromatic rings. The van der Waals surface area contributed by atoms with E-state index in [0.717, 1.165) is 19.1 Å². The number of ether oxygens (including phenoxy) is 1. The summed E-state index contributed by atoms with van der Waals surface area (Å²) in [7, 11) is -3.28. The first-order valence-electron chi connectivity index (χ1n) is 4.74. The van der Waals surface area contributed by atoms with Gasteiger partial charge in [0.05, 0.1) is 24.2 Å². The molecule has 0 aromatic carbocycles. The summed E-state index contributed by atoms with van der Waals surface area (Å²) in [5, 5.41) is 0. The van der Waals surface area contributed by atoms with Gasteiger partial charge in [-0.2, -0.15) is 0 Å². The van der Waals surface area contributed by atoms with Gasteiger partial charge in [0, 0.05) is 6.07 Å². The molecule has 1 fully saturated rings. The maximum atomic E-state index is 11.0. The van der Waals surface area contributed by atoms with Crippen LogP contribution in [0.25, 0.3) is 0 Å². The number of pyridine rings is 1. The maximum absolute atomic E-state index is 11.0. The van der Waals surface area contributed by atoms with Crippen molar-refractivity contribution >= 4 is 31.6 Å². The summed E-state index contributed by atoms with van der Waals surface area (Å²) in [6, 6.07) is 1.62. The molecule has 0 amide bonds. The van der Waals surface area contributed by atoms with Gasteiger partial charge in [-0.25, -0.2) is 13.4 Å². The second-order valence-electron chi connectivity index (χ2n) is 3.70. The third-order valence-corrected chi connectivity index (χ3v) is 3.13. The highest BCUT2D eigenvalue weighted by Crippen LogP contribution is 2.32. The van der Waals surface area contributed by atoms with Crippen LogP contribution in [0.4, 0.5) is 5.69 Å².